The third kappa shape index (κ3) is 2.65. The van der Waals surface area contributed by atoms with Crippen LogP contribution < -0.4 is 4.90 Å². The molecule has 0 spiro atoms. The minimum atomic E-state index is -0.0974. The highest BCUT2D eigenvalue weighted by Crippen LogP contribution is 2.31. The van der Waals surface area contributed by atoms with Crippen LogP contribution in [0.3, 0.4) is 0 Å². The molecule has 0 aliphatic carbocycles. The minimum absolute atomic E-state index is 0.0974. The van der Waals surface area contributed by atoms with Gasteiger partial charge in [-0.3, -0.25) is 0 Å². The molecule has 0 N–H and O–H groups in total. The van der Waals surface area contributed by atoms with Crippen LogP contribution in [0.5, 0.6) is 0 Å². The van der Waals surface area contributed by atoms with E-state index in [4.69, 9.17) is 0 Å². The van der Waals surface area contributed by atoms with Crippen LogP contribution in [0.15, 0.2) is 18.2 Å². The molecule has 3 heteroatoms. The summed E-state index contributed by atoms with van der Waals surface area (Å²) in [5, 5.41) is 0.585. The van der Waals surface area contributed by atoms with Gasteiger partial charge in [-0.25, -0.2) is 4.39 Å². The van der Waals surface area contributed by atoms with Crippen LogP contribution in [0, 0.1) is 5.82 Å². The number of benzene rings is 1. The van der Waals surface area contributed by atoms with Gasteiger partial charge in [0.1, 0.15) is 5.82 Å². The van der Waals surface area contributed by atoms with Gasteiger partial charge < -0.3 is 4.90 Å². The van der Waals surface area contributed by atoms with Crippen molar-refractivity contribution in [2.75, 3.05) is 11.4 Å². The third-order valence-electron chi connectivity index (χ3n) is 3.64. The second-order valence-electron chi connectivity index (χ2n) is 4.62. The van der Waals surface area contributed by atoms with Gasteiger partial charge in [-0.1, -0.05) is 28.9 Å². The van der Waals surface area contributed by atoms with Crippen molar-refractivity contribution in [3.63, 3.8) is 0 Å². The zero-order valence-corrected chi connectivity index (χ0v) is 11.8. The predicted molar refractivity (Wildman–Crippen MR) is 74.3 cm³/mol. The number of hydrogen-bond acceptors (Lipinski definition) is 1. The zero-order valence-electron chi connectivity index (χ0n) is 10.3. The molecule has 1 aliphatic rings. The first-order chi connectivity index (χ1) is 8.27. The Labute approximate surface area is 111 Å². The number of alkyl halides is 1. The molecular weight excluding hydrogens is 281 g/mol. The summed E-state index contributed by atoms with van der Waals surface area (Å²) in [6.07, 6.45) is 4.88. The van der Waals surface area contributed by atoms with Crippen molar-refractivity contribution in [1.82, 2.24) is 0 Å². The maximum Gasteiger partial charge on any atom is 0.129 e. The molecule has 1 unspecified atom stereocenters. The van der Waals surface area contributed by atoms with E-state index in [-0.39, 0.29) is 5.82 Å². The van der Waals surface area contributed by atoms with E-state index in [1.165, 1.54) is 19.3 Å². The van der Waals surface area contributed by atoms with Gasteiger partial charge in [0.2, 0.25) is 0 Å². The van der Waals surface area contributed by atoms with Crippen molar-refractivity contribution in [2.45, 2.75) is 44.0 Å². The molecule has 1 saturated heterocycles. The van der Waals surface area contributed by atoms with E-state index >= 15 is 0 Å². The Morgan fingerprint density at radius 1 is 1.41 bits per heavy atom. The van der Waals surface area contributed by atoms with Gasteiger partial charge in [0.05, 0.1) is 0 Å². The maximum atomic E-state index is 13.8. The van der Waals surface area contributed by atoms with Gasteiger partial charge in [-0.05, 0) is 37.8 Å². The molecule has 1 aliphatic heterocycles. The van der Waals surface area contributed by atoms with Crippen molar-refractivity contribution in [3.8, 4) is 0 Å². The van der Waals surface area contributed by atoms with Crippen molar-refractivity contribution in [1.29, 1.82) is 0 Å². The molecule has 94 valence electrons. The molecule has 0 bridgehead atoms. The van der Waals surface area contributed by atoms with Gasteiger partial charge in [-0.15, -0.1) is 0 Å². The molecule has 0 aromatic heterocycles. The average Bonchev–Trinajstić information content (AvgIpc) is 2.38. The summed E-state index contributed by atoms with van der Waals surface area (Å²) >= 11 is 3.40. The Balaban J connectivity index is 2.34. The standard InChI is InChI=1S/C14H19BrFN/c1-2-11-6-3-4-9-17(11)14-8-5-7-13(16)12(14)10-15/h5,7-8,11H,2-4,6,9-10H2,1H3. The third-order valence-corrected chi connectivity index (χ3v) is 4.20. The van der Waals surface area contributed by atoms with Crippen molar-refractivity contribution in [2.24, 2.45) is 0 Å². The lowest BCUT2D eigenvalue weighted by molar-refractivity contribution is 0.448. The normalized spacial score (nSPS) is 20.6. The summed E-state index contributed by atoms with van der Waals surface area (Å²) in [5.41, 5.74) is 1.88. The SMILES string of the molecule is CCC1CCCCN1c1cccc(F)c1CBr. The maximum absolute atomic E-state index is 13.8. The molecule has 1 aromatic carbocycles. The van der Waals surface area contributed by atoms with Gasteiger partial charge >= 0.3 is 0 Å². The fraction of sp³-hybridized carbons (Fsp3) is 0.571. The lowest BCUT2D eigenvalue weighted by Gasteiger charge is -2.38. The monoisotopic (exact) mass is 299 g/mol. The largest absolute Gasteiger partial charge is 0.368 e. The van der Waals surface area contributed by atoms with Crippen LogP contribution in [-0.4, -0.2) is 12.6 Å². The molecule has 1 nitrogen and oxygen atoms in total. The van der Waals surface area contributed by atoms with Crippen molar-refractivity contribution in [3.05, 3.63) is 29.6 Å². The van der Waals surface area contributed by atoms with E-state index in [9.17, 15) is 4.39 Å². The summed E-state index contributed by atoms with van der Waals surface area (Å²) in [7, 11) is 0. The number of hydrogen-bond donors (Lipinski definition) is 0. The Bertz CT molecular complexity index is 380. The molecule has 0 amide bonds. The van der Waals surface area contributed by atoms with Crippen LogP contribution in [0.1, 0.15) is 38.2 Å². The van der Waals surface area contributed by atoms with E-state index in [0.29, 0.717) is 11.4 Å². The topological polar surface area (TPSA) is 3.24 Å². The molecule has 1 fully saturated rings. The Hall–Kier alpha value is -0.570. The quantitative estimate of drug-likeness (QED) is 0.743. The van der Waals surface area contributed by atoms with Crippen LogP contribution in [0.25, 0.3) is 0 Å². The summed E-state index contributed by atoms with van der Waals surface area (Å²) in [5.74, 6) is -0.0974. The molecule has 0 saturated carbocycles. The van der Waals surface area contributed by atoms with E-state index in [1.807, 2.05) is 12.1 Å². The van der Waals surface area contributed by atoms with Crippen LogP contribution in [-0.2, 0) is 5.33 Å². The fourth-order valence-electron chi connectivity index (χ4n) is 2.69. The van der Waals surface area contributed by atoms with Crippen LogP contribution in [0.2, 0.25) is 0 Å². The molecule has 1 aromatic rings. The lowest BCUT2D eigenvalue weighted by Crippen LogP contribution is -2.39. The summed E-state index contributed by atoms with van der Waals surface area (Å²) < 4.78 is 13.8. The summed E-state index contributed by atoms with van der Waals surface area (Å²) in [6, 6.07) is 5.99. The van der Waals surface area contributed by atoms with Gasteiger partial charge in [0, 0.05) is 29.2 Å². The van der Waals surface area contributed by atoms with Crippen LogP contribution in [0.4, 0.5) is 10.1 Å². The first kappa shape index (κ1) is 12.9. The van der Waals surface area contributed by atoms with Gasteiger partial charge in [0.15, 0.2) is 0 Å². The number of rotatable bonds is 3. The fourth-order valence-corrected chi connectivity index (χ4v) is 3.25. The highest BCUT2D eigenvalue weighted by molar-refractivity contribution is 9.08. The van der Waals surface area contributed by atoms with E-state index < -0.39 is 0 Å². The number of anilines is 1. The highest BCUT2D eigenvalue weighted by atomic mass is 79.9. The zero-order chi connectivity index (χ0) is 12.3. The second kappa shape index (κ2) is 5.85. The molecule has 1 heterocycles. The second-order valence-corrected chi connectivity index (χ2v) is 5.18. The minimum Gasteiger partial charge on any atom is -0.368 e. The molecule has 0 radical (unpaired) electrons. The van der Waals surface area contributed by atoms with Crippen molar-refractivity contribution >= 4 is 21.6 Å². The average molecular weight is 300 g/mol. The Morgan fingerprint density at radius 2 is 2.24 bits per heavy atom. The Morgan fingerprint density at radius 3 is 2.94 bits per heavy atom. The van der Waals surface area contributed by atoms with E-state index in [1.54, 1.807) is 6.07 Å². The predicted octanol–water partition coefficient (Wildman–Crippen LogP) is 4.49. The lowest BCUT2D eigenvalue weighted by atomic mass is 9.98. The molecule has 1 atom stereocenters. The van der Waals surface area contributed by atoms with Gasteiger partial charge in [0.25, 0.3) is 0 Å². The summed E-state index contributed by atoms with van der Waals surface area (Å²) in [6.45, 7) is 3.28. The number of piperidine rings is 1. The van der Waals surface area contributed by atoms with E-state index in [0.717, 1.165) is 24.2 Å². The Kier molecular flexibility index (Phi) is 4.43. The van der Waals surface area contributed by atoms with Gasteiger partial charge in [-0.2, -0.15) is 0 Å². The first-order valence-electron chi connectivity index (χ1n) is 6.38. The molecule has 2 rings (SSSR count). The van der Waals surface area contributed by atoms with E-state index in [2.05, 4.69) is 27.8 Å². The smallest absolute Gasteiger partial charge is 0.129 e. The molecule has 17 heavy (non-hydrogen) atoms. The summed E-state index contributed by atoms with van der Waals surface area (Å²) in [4.78, 5) is 2.39. The first-order valence-corrected chi connectivity index (χ1v) is 7.50. The van der Waals surface area contributed by atoms with Crippen LogP contribution >= 0.6 is 15.9 Å². The highest BCUT2D eigenvalue weighted by Gasteiger charge is 2.23. The number of halogens is 2. The molecular formula is C14H19BrFN. The number of nitrogens with zero attached hydrogens (tertiary/aromatic N) is 1. The van der Waals surface area contributed by atoms with Crippen molar-refractivity contribution < 1.29 is 4.39 Å².